The first-order chi connectivity index (χ1) is 15.6. The van der Waals surface area contributed by atoms with Gasteiger partial charge in [-0.05, 0) is 63.6 Å². The Kier molecular flexibility index (Phi) is 5.63. The summed E-state index contributed by atoms with van der Waals surface area (Å²) < 4.78 is 27.0. The van der Waals surface area contributed by atoms with Gasteiger partial charge in [-0.15, -0.1) is 0 Å². The van der Waals surface area contributed by atoms with Crippen LogP contribution in [0.4, 0.5) is 26.4 Å². The van der Waals surface area contributed by atoms with Gasteiger partial charge in [0.25, 0.3) is 0 Å². The lowest BCUT2D eigenvalue weighted by Crippen LogP contribution is -2.35. The fraction of sp³-hybridized carbons (Fsp3) is 0.208. The van der Waals surface area contributed by atoms with Crippen LogP contribution in [0, 0.1) is 12.7 Å². The van der Waals surface area contributed by atoms with E-state index in [1.807, 2.05) is 0 Å². The molecule has 0 fully saturated rings. The molecule has 4 rings (SSSR count). The van der Waals surface area contributed by atoms with Crippen molar-refractivity contribution >= 4 is 28.8 Å². The average Bonchev–Trinajstić information content (AvgIpc) is 3.20. The van der Waals surface area contributed by atoms with Crippen LogP contribution >= 0.6 is 0 Å². The summed E-state index contributed by atoms with van der Waals surface area (Å²) in [5.41, 5.74) is 7.12. The van der Waals surface area contributed by atoms with Crippen molar-refractivity contribution < 1.29 is 18.7 Å². The molecular formula is C24H24FN5O3. The molecule has 2 heterocycles. The maximum absolute atomic E-state index is 13.8. The van der Waals surface area contributed by atoms with Gasteiger partial charge in [-0.25, -0.2) is 24.1 Å². The predicted molar refractivity (Wildman–Crippen MR) is 123 cm³/mol. The fourth-order valence-electron chi connectivity index (χ4n) is 3.30. The van der Waals surface area contributed by atoms with E-state index < -0.39 is 17.5 Å². The van der Waals surface area contributed by atoms with Gasteiger partial charge in [-0.3, -0.25) is 4.40 Å². The topological polar surface area (TPSA) is 95.0 Å². The van der Waals surface area contributed by atoms with E-state index in [1.165, 1.54) is 29.3 Å². The van der Waals surface area contributed by atoms with E-state index in [0.717, 1.165) is 0 Å². The van der Waals surface area contributed by atoms with Crippen molar-refractivity contribution in [1.29, 1.82) is 0 Å². The molecule has 0 saturated heterocycles. The maximum atomic E-state index is 13.8. The van der Waals surface area contributed by atoms with Gasteiger partial charge in [0.15, 0.2) is 5.82 Å². The van der Waals surface area contributed by atoms with Crippen LogP contribution in [0.15, 0.2) is 61.2 Å². The molecule has 2 N–H and O–H groups in total. The van der Waals surface area contributed by atoms with Crippen LogP contribution in [-0.4, -0.2) is 26.1 Å². The SMILES string of the molecule is Cc1cc(F)ccc1N(C(=O)OC(C)(C)C)c1ncc(Oc2cccc(N)c2)n2cncc12. The summed E-state index contributed by atoms with van der Waals surface area (Å²) in [4.78, 5) is 23.3. The number of ether oxygens (including phenoxy) is 2. The Bertz CT molecular complexity index is 1330. The quantitative estimate of drug-likeness (QED) is 0.406. The van der Waals surface area contributed by atoms with Gasteiger partial charge in [0.2, 0.25) is 5.88 Å². The first kappa shape index (κ1) is 22.1. The molecular weight excluding hydrogens is 425 g/mol. The van der Waals surface area contributed by atoms with Crippen molar-refractivity contribution in [2.45, 2.75) is 33.3 Å². The van der Waals surface area contributed by atoms with Gasteiger partial charge >= 0.3 is 6.09 Å². The van der Waals surface area contributed by atoms with E-state index in [1.54, 1.807) is 68.9 Å². The Morgan fingerprint density at radius 1 is 1.15 bits per heavy atom. The van der Waals surface area contributed by atoms with Crippen LogP contribution in [0.5, 0.6) is 11.6 Å². The molecule has 1 amide bonds. The van der Waals surface area contributed by atoms with Crippen molar-refractivity contribution in [1.82, 2.24) is 14.4 Å². The van der Waals surface area contributed by atoms with E-state index in [2.05, 4.69) is 9.97 Å². The van der Waals surface area contributed by atoms with E-state index in [-0.39, 0.29) is 5.82 Å². The Morgan fingerprint density at radius 2 is 1.94 bits per heavy atom. The third-order valence-electron chi connectivity index (χ3n) is 4.67. The van der Waals surface area contributed by atoms with Gasteiger partial charge in [0.05, 0.1) is 18.1 Å². The molecule has 170 valence electrons. The van der Waals surface area contributed by atoms with Crippen LogP contribution < -0.4 is 15.4 Å². The van der Waals surface area contributed by atoms with Gasteiger partial charge < -0.3 is 15.2 Å². The number of aromatic nitrogens is 3. The smallest absolute Gasteiger partial charge is 0.420 e. The number of hydrogen-bond donors (Lipinski definition) is 1. The lowest BCUT2D eigenvalue weighted by molar-refractivity contribution is 0.0598. The molecule has 0 radical (unpaired) electrons. The molecule has 0 saturated carbocycles. The van der Waals surface area contributed by atoms with Crippen molar-refractivity contribution in [3.05, 3.63) is 72.6 Å². The number of carbonyl (C=O) groups excluding carboxylic acids is 1. The molecule has 8 nitrogen and oxygen atoms in total. The summed E-state index contributed by atoms with van der Waals surface area (Å²) >= 11 is 0. The highest BCUT2D eigenvalue weighted by atomic mass is 19.1. The molecule has 2 aromatic carbocycles. The summed E-state index contributed by atoms with van der Waals surface area (Å²) in [6, 6.07) is 11.1. The lowest BCUT2D eigenvalue weighted by Gasteiger charge is -2.28. The van der Waals surface area contributed by atoms with E-state index in [9.17, 15) is 9.18 Å². The molecule has 33 heavy (non-hydrogen) atoms. The lowest BCUT2D eigenvalue weighted by atomic mass is 10.1. The molecule has 0 aliphatic heterocycles. The number of rotatable bonds is 4. The number of carbonyl (C=O) groups is 1. The monoisotopic (exact) mass is 449 g/mol. The Labute approximate surface area is 190 Å². The Balaban J connectivity index is 1.83. The number of aryl methyl sites for hydroxylation is 1. The van der Waals surface area contributed by atoms with Gasteiger partial charge in [0.1, 0.15) is 29.0 Å². The third kappa shape index (κ3) is 4.72. The second-order valence-electron chi connectivity index (χ2n) is 8.49. The molecule has 0 unspecified atom stereocenters. The maximum Gasteiger partial charge on any atom is 0.420 e. The zero-order valence-corrected chi connectivity index (χ0v) is 18.7. The summed E-state index contributed by atoms with van der Waals surface area (Å²) in [6.07, 6.45) is 3.93. The summed E-state index contributed by atoms with van der Waals surface area (Å²) in [7, 11) is 0. The molecule has 0 atom stereocenters. The minimum atomic E-state index is -0.754. The van der Waals surface area contributed by atoms with Crippen molar-refractivity contribution in [3.8, 4) is 11.6 Å². The van der Waals surface area contributed by atoms with Crippen LogP contribution in [0.1, 0.15) is 26.3 Å². The first-order valence-corrected chi connectivity index (χ1v) is 10.3. The molecule has 0 spiro atoms. The Morgan fingerprint density at radius 3 is 2.64 bits per heavy atom. The summed E-state index contributed by atoms with van der Waals surface area (Å²) in [5, 5.41) is 0. The zero-order valence-electron chi connectivity index (χ0n) is 18.7. The number of imidazole rings is 1. The zero-order chi connectivity index (χ0) is 23.8. The average molecular weight is 449 g/mol. The van der Waals surface area contributed by atoms with E-state index in [4.69, 9.17) is 15.2 Å². The van der Waals surface area contributed by atoms with E-state index in [0.29, 0.717) is 34.1 Å². The van der Waals surface area contributed by atoms with Crippen LogP contribution in [-0.2, 0) is 4.74 Å². The normalized spacial score (nSPS) is 11.4. The number of nitrogens with zero attached hydrogens (tertiary/aromatic N) is 4. The Hall–Kier alpha value is -4.14. The van der Waals surface area contributed by atoms with Crippen LogP contribution in [0.25, 0.3) is 5.52 Å². The minimum Gasteiger partial charge on any atom is -0.443 e. The number of nitrogen functional groups attached to an aromatic ring is 1. The van der Waals surface area contributed by atoms with Crippen molar-refractivity contribution in [2.75, 3.05) is 10.6 Å². The predicted octanol–water partition coefficient (Wildman–Crippen LogP) is 5.62. The van der Waals surface area contributed by atoms with Crippen LogP contribution in [0.3, 0.4) is 0 Å². The summed E-state index contributed by atoms with van der Waals surface area (Å²) in [6.45, 7) is 7.02. The highest BCUT2D eigenvalue weighted by Gasteiger charge is 2.29. The molecule has 9 heteroatoms. The van der Waals surface area contributed by atoms with Gasteiger partial charge in [0, 0.05) is 11.8 Å². The van der Waals surface area contributed by atoms with Crippen LogP contribution in [0.2, 0.25) is 0 Å². The standard InChI is InChI=1S/C24H24FN5O3/c1-15-10-16(25)8-9-19(15)30(23(31)33-24(2,3)4)22-20-12-27-14-29(20)21(13-28-22)32-18-7-5-6-17(26)11-18/h5-14H,26H2,1-4H3. The molecule has 0 aliphatic carbocycles. The highest BCUT2D eigenvalue weighted by molar-refractivity contribution is 5.99. The van der Waals surface area contributed by atoms with E-state index >= 15 is 0 Å². The second-order valence-corrected chi connectivity index (χ2v) is 8.49. The molecule has 0 aliphatic rings. The van der Waals surface area contributed by atoms with Crippen molar-refractivity contribution in [2.24, 2.45) is 0 Å². The fourth-order valence-corrected chi connectivity index (χ4v) is 3.30. The third-order valence-corrected chi connectivity index (χ3v) is 4.67. The summed E-state index contributed by atoms with van der Waals surface area (Å²) in [5.74, 6) is 0.750. The second kappa shape index (κ2) is 8.42. The number of halogens is 1. The highest BCUT2D eigenvalue weighted by Crippen LogP contribution is 2.34. The van der Waals surface area contributed by atoms with Gasteiger partial charge in [-0.1, -0.05) is 6.07 Å². The number of nitrogens with two attached hydrogens (primary N) is 1. The first-order valence-electron chi connectivity index (χ1n) is 10.3. The minimum absolute atomic E-state index is 0.261. The number of fused-ring (bicyclic) bond motifs is 1. The number of amides is 1. The number of hydrogen-bond acceptors (Lipinski definition) is 6. The molecule has 0 bridgehead atoms. The number of benzene rings is 2. The largest absolute Gasteiger partial charge is 0.443 e. The van der Waals surface area contributed by atoms with Gasteiger partial charge in [-0.2, -0.15) is 0 Å². The molecule has 2 aromatic heterocycles. The molecule has 4 aromatic rings. The number of anilines is 3. The van der Waals surface area contributed by atoms with Crippen molar-refractivity contribution in [3.63, 3.8) is 0 Å².